The zero-order chi connectivity index (χ0) is 20.6. The number of amides is 1. The summed E-state index contributed by atoms with van der Waals surface area (Å²) in [6, 6.07) is 12.4. The van der Waals surface area contributed by atoms with Gasteiger partial charge >= 0.3 is 0 Å². The van der Waals surface area contributed by atoms with E-state index in [0.717, 1.165) is 62.7 Å². The van der Waals surface area contributed by atoms with E-state index in [2.05, 4.69) is 34.5 Å². The minimum Gasteiger partial charge on any atom is -0.487 e. The second-order valence-electron chi connectivity index (χ2n) is 9.46. The number of carbonyl (C=O) groups excluding carboxylic acids is 1. The van der Waals surface area contributed by atoms with Gasteiger partial charge in [0.15, 0.2) is 0 Å². The number of para-hydroxylation sites is 1. The molecule has 2 aliphatic heterocycles. The zero-order valence-electron chi connectivity index (χ0n) is 17.9. The molecule has 1 aromatic carbocycles. The lowest BCUT2D eigenvalue weighted by Crippen LogP contribution is -2.50. The van der Waals surface area contributed by atoms with Crippen LogP contribution in [0.1, 0.15) is 61.5 Å². The summed E-state index contributed by atoms with van der Waals surface area (Å²) in [6.45, 7) is 5.66. The van der Waals surface area contributed by atoms with Crippen LogP contribution in [0.3, 0.4) is 0 Å². The Kier molecular flexibility index (Phi) is 5.32. The SMILES string of the molecule is Cc1ccc(CN2CCC3(CC2)C[C@@H](CC(=O)NCC2CC2)c2ccccc2O3)o1. The van der Waals surface area contributed by atoms with Crippen LogP contribution in [0.2, 0.25) is 0 Å². The Bertz CT molecular complexity index is 893. The summed E-state index contributed by atoms with van der Waals surface area (Å²) < 4.78 is 12.4. The standard InChI is InChI=1S/C25H32N2O3/c1-18-6-9-21(29-18)17-27-12-10-25(11-13-27)15-20(14-24(28)26-16-19-7-8-19)22-4-2-3-5-23(22)30-25/h2-6,9,19-20H,7-8,10-17H2,1H3,(H,26,28)/t20-/m1/s1. The first-order valence-corrected chi connectivity index (χ1v) is 11.4. The largest absolute Gasteiger partial charge is 0.487 e. The fraction of sp³-hybridized carbons (Fsp3) is 0.560. The van der Waals surface area contributed by atoms with Gasteiger partial charge in [-0.1, -0.05) is 18.2 Å². The number of aryl methyl sites for hydroxylation is 1. The third-order valence-corrected chi connectivity index (χ3v) is 6.96. The molecule has 30 heavy (non-hydrogen) atoms. The molecule has 1 N–H and O–H groups in total. The van der Waals surface area contributed by atoms with Crippen LogP contribution >= 0.6 is 0 Å². The van der Waals surface area contributed by atoms with Crippen molar-refractivity contribution in [3.05, 3.63) is 53.5 Å². The normalized spacial score (nSPS) is 23.0. The maximum Gasteiger partial charge on any atom is 0.220 e. The summed E-state index contributed by atoms with van der Waals surface area (Å²) in [6.07, 6.45) is 5.98. The first kappa shape index (κ1) is 19.7. The van der Waals surface area contributed by atoms with Gasteiger partial charge < -0.3 is 14.5 Å². The van der Waals surface area contributed by atoms with Gasteiger partial charge in [0.05, 0.1) is 6.54 Å². The molecule has 3 heterocycles. The highest BCUT2D eigenvalue weighted by Gasteiger charge is 2.43. The number of rotatable bonds is 6. The van der Waals surface area contributed by atoms with Crippen LogP contribution in [0.5, 0.6) is 5.75 Å². The molecular formula is C25H32N2O3. The van der Waals surface area contributed by atoms with Crippen LogP contribution in [-0.2, 0) is 11.3 Å². The Morgan fingerprint density at radius 3 is 2.70 bits per heavy atom. The van der Waals surface area contributed by atoms with Gasteiger partial charge in [-0.3, -0.25) is 9.69 Å². The average Bonchev–Trinajstić information content (AvgIpc) is 3.49. The van der Waals surface area contributed by atoms with E-state index in [1.165, 1.54) is 18.4 Å². The van der Waals surface area contributed by atoms with Crippen molar-refractivity contribution in [2.45, 2.75) is 63.5 Å². The minimum absolute atomic E-state index is 0.161. The van der Waals surface area contributed by atoms with Gasteiger partial charge in [0.25, 0.3) is 0 Å². The molecule has 1 aliphatic carbocycles. The van der Waals surface area contributed by atoms with Gasteiger partial charge in [-0.25, -0.2) is 0 Å². The highest BCUT2D eigenvalue weighted by molar-refractivity contribution is 5.77. The van der Waals surface area contributed by atoms with E-state index < -0.39 is 0 Å². The number of likely N-dealkylation sites (tertiary alicyclic amines) is 1. The Morgan fingerprint density at radius 2 is 1.97 bits per heavy atom. The van der Waals surface area contributed by atoms with Crippen molar-refractivity contribution in [1.29, 1.82) is 0 Å². The van der Waals surface area contributed by atoms with Gasteiger partial charge in [0.1, 0.15) is 22.9 Å². The van der Waals surface area contributed by atoms with Crippen molar-refractivity contribution < 1.29 is 13.9 Å². The first-order valence-electron chi connectivity index (χ1n) is 11.4. The number of fused-ring (bicyclic) bond motifs is 1. The molecule has 1 saturated heterocycles. The van der Waals surface area contributed by atoms with Crippen molar-refractivity contribution in [2.24, 2.45) is 5.92 Å². The third kappa shape index (κ3) is 4.41. The fourth-order valence-electron chi connectivity index (χ4n) is 5.02. The van der Waals surface area contributed by atoms with Crippen LogP contribution in [-0.4, -0.2) is 36.0 Å². The zero-order valence-corrected chi connectivity index (χ0v) is 17.9. The van der Waals surface area contributed by atoms with Gasteiger partial charge in [0.2, 0.25) is 5.91 Å². The summed E-state index contributed by atoms with van der Waals surface area (Å²) in [7, 11) is 0. The van der Waals surface area contributed by atoms with Crippen molar-refractivity contribution in [2.75, 3.05) is 19.6 Å². The van der Waals surface area contributed by atoms with Gasteiger partial charge in [-0.05, 0) is 68.7 Å². The molecule has 1 atom stereocenters. The Hall–Kier alpha value is -2.27. The predicted molar refractivity (Wildman–Crippen MR) is 115 cm³/mol. The lowest BCUT2D eigenvalue weighted by Gasteiger charge is -2.46. The van der Waals surface area contributed by atoms with Crippen molar-refractivity contribution in [1.82, 2.24) is 10.2 Å². The fourth-order valence-corrected chi connectivity index (χ4v) is 5.02. The molecule has 1 amide bonds. The van der Waals surface area contributed by atoms with Crippen LogP contribution < -0.4 is 10.1 Å². The Balaban J connectivity index is 1.25. The minimum atomic E-state index is -0.161. The van der Waals surface area contributed by atoms with E-state index in [9.17, 15) is 4.79 Å². The summed E-state index contributed by atoms with van der Waals surface area (Å²) >= 11 is 0. The third-order valence-electron chi connectivity index (χ3n) is 6.96. The van der Waals surface area contributed by atoms with E-state index in [0.29, 0.717) is 12.3 Å². The number of nitrogens with zero attached hydrogens (tertiary/aromatic N) is 1. The summed E-state index contributed by atoms with van der Waals surface area (Å²) in [4.78, 5) is 15.1. The van der Waals surface area contributed by atoms with Crippen LogP contribution in [0, 0.1) is 12.8 Å². The van der Waals surface area contributed by atoms with Gasteiger partial charge in [-0.15, -0.1) is 0 Å². The molecule has 5 rings (SSSR count). The molecule has 2 aromatic rings. The molecule has 5 heteroatoms. The number of piperidine rings is 1. The van der Waals surface area contributed by atoms with E-state index >= 15 is 0 Å². The van der Waals surface area contributed by atoms with E-state index in [-0.39, 0.29) is 17.4 Å². The predicted octanol–water partition coefficient (Wildman–Crippen LogP) is 4.41. The molecule has 160 valence electrons. The monoisotopic (exact) mass is 408 g/mol. The molecule has 0 unspecified atom stereocenters. The summed E-state index contributed by atoms with van der Waals surface area (Å²) in [5, 5.41) is 3.15. The average molecular weight is 409 g/mol. The number of nitrogens with one attached hydrogen (secondary N) is 1. The summed E-state index contributed by atoms with van der Waals surface area (Å²) in [5.74, 6) is 4.10. The highest BCUT2D eigenvalue weighted by atomic mass is 16.5. The molecular weight excluding hydrogens is 376 g/mol. The van der Waals surface area contributed by atoms with E-state index in [1.54, 1.807) is 0 Å². The number of hydrogen-bond donors (Lipinski definition) is 1. The molecule has 1 aromatic heterocycles. The van der Waals surface area contributed by atoms with Crippen LogP contribution in [0.25, 0.3) is 0 Å². The number of carbonyl (C=O) groups is 1. The highest BCUT2D eigenvalue weighted by Crippen LogP contribution is 2.46. The van der Waals surface area contributed by atoms with Crippen molar-refractivity contribution in [3.63, 3.8) is 0 Å². The second-order valence-corrected chi connectivity index (χ2v) is 9.46. The van der Waals surface area contributed by atoms with Crippen LogP contribution in [0.15, 0.2) is 40.8 Å². The Labute approximate surface area is 178 Å². The summed E-state index contributed by atoms with van der Waals surface area (Å²) in [5.41, 5.74) is 1.03. The molecule has 0 radical (unpaired) electrons. The maximum absolute atomic E-state index is 12.6. The number of ether oxygens (including phenoxy) is 1. The second kappa shape index (κ2) is 8.10. The molecule has 1 saturated carbocycles. The van der Waals surface area contributed by atoms with Gasteiger partial charge in [0, 0.05) is 32.0 Å². The molecule has 1 spiro atoms. The topological polar surface area (TPSA) is 54.7 Å². The van der Waals surface area contributed by atoms with E-state index in [4.69, 9.17) is 9.15 Å². The first-order chi connectivity index (χ1) is 14.6. The van der Waals surface area contributed by atoms with Crippen molar-refractivity contribution in [3.8, 4) is 5.75 Å². The quantitative estimate of drug-likeness (QED) is 0.769. The number of benzene rings is 1. The Morgan fingerprint density at radius 1 is 1.17 bits per heavy atom. The number of hydrogen-bond acceptors (Lipinski definition) is 4. The lowest BCUT2D eigenvalue weighted by atomic mass is 9.76. The molecule has 2 fully saturated rings. The van der Waals surface area contributed by atoms with E-state index in [1.807, 2.05) is 19.1 Å². The smallest absolute Gasteiger partial charge is 0.220 e. The maximum atomic E-state index is 12.6. The molecule has 0 bridgehead atoms. The lowest BCUT2D eigenvalue weighted by molar-refractivity contribution is -0.122. The number of furan rings is 1. The van der Waals surface area contributed by atoms with Crippen LogP contribution in [0.4, 0.5) is 0 Å². The van der Waals surface area contributed by atoms with Crippen molar-refractivity contribution >= 4 is 5.91 Å². The molecule has 5 nitrogen and oxygen atoms in total. The van der Waals surface area contributed by atoms with Gasteiger partial charge in [-0.2, -0.15) is 0 Å². The molecule has 3 aliphatic rings.